The van der Waals surface area contributed by atoms with E-state index in [0.29, 0.717) is 5.57 Å². The van der Waals surface area contributed by atoms with Crippen molar-refractivity contribution < 1.29 is 0 Å². The molecule has 0 amide bonds. The van der Waals surface area contributed by atoms with E-state index in [0.717, 1.165) is 36.1 Å². The van der Waals surface area contributed by atoms with E-state index in [-0.39, 0.29) is 11.6 Å². The molecule has 1 aromatic rings. The minimum absolute atomic E-state index is 0.0668. The molecule has 24 heavy (non-hydrogen) atoms. The van der Waals surface area contributed by atoms with Gasteiger partial charge in [0.25, 0.3) is 0 Å². The first-order chi connectivity index (χ1) is 11.5. The van der Waals surface area contributed by atoms with Crippen LogP contribution in [0.1, 0.15) is 36.4 Å². The van der Waals surface area contributed by atoms with Crippen LogP contribution in [0.5, 0.6) is 0 Å². The fourth-order valence-electron chi connectivity index (χ4n) is 4.14. The van der Waals surface area contributed by atoms with Gasteiger partial charge in [-0.2, -0.15) is 20.9 Å². The number of rotatable bonds is 1. The maximum Gasteiger partial charge on any atom is 0.191 e. The predicted octanol–water partition coefficient (Wildman–Crippen LogP) is 2.32. The first kappa shape index (κ1) is 15.8. The van der Waals surface area contributed by atoms with Crippen molar-refractivity contribution in [2.45, 2.75) is 32.1 Å². The molecule has 120 valence electrons. The van der Waals surface area contributed by atoms with Gasteiger partial charge in [-0.1, -0.05) is 6.08 Å². The Morgan fingerprint density at radius 1 is 1.33 bits per heavy atom. The Morgan fingerprint density at radius 2 is 2.04 bits per heavy atom. The fraction of sp³-hybridized carbons (Fsp3) is 0.444. The zero-order valence-corrected chi connectivity index (χ0v) is 13.7. The zero-order chi connectivity index (χ0) is 17.5. The second kappa shape index (κ2) is 5.55. The van der Waals surface area contributed by atoms with Crippen molar-refractivity contribution in [3.63, 3.8) is 0 Å². The quantitative estimate of drug-likeness (QED) is 0.853. The predicted molar refractivity (Wildman–Crippen MR) is 86.6 cm³/mol. The average Bonchev–Trinajstić information content (AvgIpc) is 2.92. The summed E-state index contributed by atoms with van der Waals surface area (Å²) in [5.74, 6) is -0.479. The molecule has 0 spiro atoms. The Balaban J connectivity index is 2.36. The Hall–Kier alpha value is -3.04. The highest BCUT2D eigenvalue weighted by molar-refractivity contribution is 5.59. The lowest BCUT2D eigenvalue weighted by Gasteiger charge is -2.43. The summed E-state index contributed by atoms with van der Waals surface area (Å²) in [7, 11) is 1.82. The molecule has 0 saturated carbocycles. The molecular weight excluding hydrogens is 300 g/mol. The Labute approximate surface area is 141 Å². The van der Waals surface area contributed by atoms with E-state index in [1.165, 1.54) is 0 Å². The first-order valence-corrected chi connectivity index (χ1v) is 7.93. The number of nitrogens with zero attached hydrogens (tertiary/aromatic N) is 5. The van der Waals surface area contributed by atoms with Gasteiger partial charge in [-0.05, 0) is 43.2 Å². The number of hydrogen-bond donors (Lipinski definition) is 1. The average molecular weight is 318 g/mol. The Kier molecular flexibility index (Phi) is 3.66. The second-order valence-corrected chi connectivity index (χ2v) is 6.45. The first-order valence-electron chi connectivity index (χ1n) is 7.93. The maximum absolute atomic E-state index is 9.90. The summed E-state index contributed by atoms with van der Waals surface area (Å²) in [6.07, 6.45) is 6.58. The van der Waals surface area contributed by atoms with Crippen LogP contribution < -0.4 is 5.73 Å². The van der Waals surface area contributed by atoms with Crippen LogP contribution >= 0.6 is 0 Å². The highest BCUT2D eigenvalue weighted by Gasteiger charge is 2.54. The van der Waals surface area contributed by atoms with Crippen molar-refractivity contribution in [3.8, 4) is 18.2 Å². The molecule has 6 heteroatoms. The minimum Gasteiger partial charge on any atom is -0.399 e. The summed E-state index contributed by atoms with van der Waals surface area (Å²) >= 11 is 0. The van der Waals surface area contributed by atoms with Crippen molar-refractivity contribution in [1.29, 1.82) is 15.8 Å². The lowest BCUT2D eigenvalue weighted by atomic mass is 9.57. The molecule has 6 nitrogen and oxygen atoms in total. The molecule has 2 atom stereocenters. The van der Waals surface area contributed by atoms with Gasteiger partial charge in [0.2, 0.25) is 0 Å². The monoisotopic (exact) mass is 318 g/mol. The normalized spacial score (nSPS) is 25.0. The lowest BCUT2D eigenvalue weighted by molar-refractivity contribution is 0.316. The van der Waals surface area contributed by atoms with Crippen LogP contribution in [0, 0.1) is 52.2 Å². The van der Waals surface area contributed by atoms with E-state index in [2.05, 4.69) is 23.3 Å². The summed E-state index contributed by atoms with van der Waals surface area (Å²) in [4.78, 5) is 0. The van der Waals surface area contributed by atoms with Gasteiger partial charge in [0, 0.05) is 19.2 Å². The van der Waals surface area contributed by atoms with Crippen LogP contribution in [0.3, 0.4) is 0 Å². The van der Waals surface area contributed by atoms with Crippen molar-refractivity contribution >= 4 is 0 Å². The summed E-state index contributed by atoms with van der Waals surface area (Å²) in [5, 5.41) is 33.8. The van der Waals surface area contributed by atoms with Gasteiger partial charge in [0.15, 0.2) is 5.41 Å². The largest absolute Gasteiger partial charge is 0.399 e. The van der Waals surface area contributed by atoms with Crippen molar-refractivity contribution in [2.75, 3.05) is 0 Å². The van der Waals surface area contributed by atoms with E-state index < -0.39 is 11.3 Å². The van der Waals surface area contributed by atoms with E-state index in [1.807, 2.05) is 26.2 Å². The van der Waals surface area contributed by atoms with Crippen LogP contribution in [0.25, 0.3) is 0 Å². The van der Waals surface area contributed by atoms with E-state index in [1.54, 1.807) is 4.68 Å². The number of nitriles is 3. The maximum atomic E-state index is 9.90. The van der Waals surface area contributed by atoms with Crippen LogP contribution in [0.4, 0.5) is 0 Å². The number of hydrogen-bond acceptors (Lipinski definition) is 5. The van der Waals surface area contributed by atoms with Gasteiger partial charge in [0.05, 0.1) is 29.1 Å². The van der Waals surface area contributed by atoms with Gasteiger partial charge in [-0.3, -0.25) is 4.68 Å². The third-order valence-corrected chi connectivity index (χ3v) is 5.19. The molecule has 2 N–H and O–H groups in total. The number of allylic oxidation sites excluding steroid dienone is 4. The summed E-state index contributed by atoms with van der Waals surface area (Å²) in [6.45, 7) is 1.88. The summed E-state index contributed by atoms with van der Waals surface area (Å²) in [5.41, 5.74) is 7.60. The van der Waals surface area contributed by atoms with Gasteiger partial charge < -0.3 is 5.73 Å². The van der Waals surface area contributed by atoms with E-state index >= 15 is 0 Å². The third-order valence-electron chi connectivity index (χ3n) is 5.19. The highest BCUT2D eigenvalue weighted by atomic mass is 15.2. The molecule has 0 unspecified atom stereocenters. The fourth-order valence-corrected chi connectivity index (χ4v) is 4.14. The molecule has 1 heterocycles. The van der Waals surface area contributed by atoms with Crippen LogP contribution in [0.15, 0.2) is 29.1 Å². The molecule has 3 rings (SSSR count). The Morgan fingerprint density at radius 3 is 2.58 bits per heavy atom. The molecule has 1 aromatic heterocycles. The molecule has 0 fully saturated rings. The molecule has 2 aliphatic rings. The number of aryl methyl sites for hydroxylation is 2. The highest BCUT2D eigenvalue weighted by Crippen LogP contribution is 2.56. The molecule has 0 saturated heterocycles. The number of aromatic nitrogens is 2. The standard InChI is InChI=1S/C18H18N6/c1-11-15(8-24(2)23-11)16-13-6-4-3-5-12(13)14(7-19)17(22)18(16,9-20)10-21/h5,8,13,16H,3-4,6,22H2,1-2H3/t13-,16+/m0/s1. The second-order valence-electron chi connectivity index (χ2n) is 6.45. The van der Waals surface area contributed by atoms with Crippen LogP contribution in [-0.2, 0) is 7.05 Å². The number of fused-ring (bicyclic) bond motifs is 1. The van der Waals surface area contributed by atoms with Gasteiger partial charge >= 0.3 is 0 Å². The van der Waals surface area contributed by atoms with Gasteiger partial charge in [-0.15, -0.1) is 0 Å². The van der Waals surface area contributed by atoms with Gasteiger partial charge in [-0.25, -0.2) is 0 Å². The smallest absolute Gasteiger partial charge is 0.191 e. The minimum atomic E-state index is -1.54. The van der Waals surface area contributed by atoms with Gasteiger partial charge in [0.1, 0.15) is 6.07 Å². The van der Waals surface area contributed by atoms with Crippen LogP contribution in [0.2, 0.25) is 0 Å². The molecule has 0 bridgehead atoms. The van der Waals surface area contributed by atoms with E-state index in [4.69, 9.17) is 5.73 Å². The third kappa shape index (κ3) is 1.95. The van der Waals surface area contributed by atoms with Crippen molar-refractivity contribution in [1.82, 2.24) is 9.78 Å². The topological polar surface area (TPSA) is 115 Å². The molecule has 0 radical (unpaired) electrons. The SMILES string of the molecule is Cc1nn(C)cc1[C@H]1[C@H]2CCCC=C2C(C#N)=C(N)C1(C#N)C#N. The van der Waals surface area contributed by atoms with E-state index in [9.17, 15) is 15.8 Å². The van der Waals surface area contributed by atoms with Crippen molar-refractivity contribution in [2.24, 2.45) is 24.1 Å². The van der Waals surface area contributed by atoms with Crippen molar-refractivity contribution in [3.05, 3.63) is 40.4 Å². The zero-order valence-electron chi connectivity index (χ0n) is 13.7. The molecule has 2 aliphatic carbocycles. The summed E-state index contributed by atoms with van der Waals surface area (Å²) < 4.78 is 1.69. The molecular formula is C18H18N6. The summed E-state index contributed by atoms with van der Waals surface area (Å²) in [6, 6.07) is 6.41. The molecule has 0 aliphatic heterocycles. The van der Waals surface area contributed by atoms with Crippen LogP contribution in [-0.4, -0.2) is 9.78 Å². The lowest BCUT2D eigenvalue weighted by Crippen LogP contribution is -2.42. The Bertz CT molecular complexity index is 866. The molecule has 0 aromatic carbocycles. The number of nitrogens with two attached hydrogens (primary N) is 1.